The first-order valence-corrected chi connectivity index (χ1v) is 5.66. The van der Waals surface area contributed by atoms with Crippen LogP contribution in [0, 0.1) is 6.92 Å². The Labute approximate surface area is 94.2 Å². The molecule has 86 valence electrons. The van der Waals surface area contributed by atoms with Gasteiger partial charge in [0, 0.05) is 5.41 Å². The number of aliphatic hydroxyl groups is 1. The monoisotopic (exact) mass is 208 g/mol. The highest BCUT2D eigenvalue weighted by atomic mass is 16.3. The van der Waals surface area contributed by atoms with Crippen molar-refractivity contribution in [1.82, 2.24) is 0 Å². The molecule has 0 amide bonds. The molecule has 1 aromatic carbocycles. The number of aryl methyl sites for hydroxylation is 1. The topological polar surface area (TPSA) is 20.2 Å². The van der Waals surface area contributed by atoms with E-state index >= 15 is 0 Å². The van der Waals surface area contributed by atoms with Crippen LogP contribution in [0.4, 0.5) is 0 Å². The van der Waals surface area contributed by atoms with Crippen molar-refractivity contribution in [2.24, 2.45) is 0 Å². The second-order valence-corrected chi connectivity index (χ2v) is 4.62. The van der Waals surface area contributed by atoms with Crippen molar-refractivity contribution in [2.45, 2.75) is 46.5 Å². The van der Waals surface area contributed by atoms with Gasteiger partial charge in [-0.3, -0.25) is 0 Å². The maximum atomic E-state index is 9.14. The minimum Gasteiger partial charge on any atom is -0.395 e. The summed E-state index contributed by atoms with van der Waals surface area (Å²) in [6.07, 6.45) is 1.25. The maximum Gasteiger partial charge on any atom is 0.0522 e. The van der Waals surface area contributed by atoms with Gasteiger partial charge in [0.05, 0.1) is 6.61 Å². The minimum absolute atomic E-state index is 0.119. The first-order valence-electron chi connectivity index (χ1n) is 5.66. The normalized spacial score (nSPS) is 10.5. The van der Waals surface area contributed by atoms with Gasteiger partial charge in [0.2, 0.25) is 0 Å². The molecular weight excluding hydrogens is 184 g/mol. The van der Waals surface area contributed by atoms with E-state index in [1.54, 1.807) is 0 Å². The lowest BCUT2D eigenvalue weighted by Crippen LogP contribution is -2.21. The van der Waals surface area contributed by atoms with Crippen LogP contribution in [0.25, 0.3) is 0 Å². The second-order valence-electron chi connectivity index (χ2n) is 4.62. The van der Waals surface area contributed by atoms with E-state index in [4.69, 9.17) is 5.11 Å². The SMILES string of the molecule is CCC.Cc1cccc(C(C)(C)CO)c1. The highest BCUT2D eigenvalue weighted by molar-refractivity contribution is 5.28. The molecule has 0 fully saturated rings. The lowest BCUT2D eigenvalue weighted by molar-refractivity contribution is 0.218. The van der Waals surface area contributed by atoms with Gasteiger partial charge in [-0.1, -0.05) is 63.9 Å². The molecule has 0 saturated carbocycles. The smallest absolute Gasteiger partial charge is 0.0522 e. The van der Waals surface area contributed by atoms with Crippen molar-refractivity contribution in [2.75, 3.05) is 6.61 Å². The van der Waals surface area contributed by atoms with Crippen molar-refractivity contribution in [3.8, 4) is 0 Å². The number of rotatable bonds is 2. The van der Waals surface area contributed by atoms with Crippen LogP contribution >= 0.6 is 0 Å². The fourth-order valence-electron chi connectivity index (χ4n) is 1.16. The van der Waals surface area contributed by atoms with E-state index in [0.29, 0.717) is 0 Å². The van der Waals surface area contributed by atoms with Crippen molar-refractivity contribution in [1.29, 1.82) is 0 Å². The van der Waals surface area contributed by atoms with Gasteiger partial charge in [-0.25, -0.2) is 0 Å². The molecule has 0 unspecified atom stereocenters. The molecular formula is C14H24O. The van der Waals surface area contributed by atoms with Crippen molar-refractivity contribution in [3.05, 3.63) is 35.4 Å². The van der Waals surface area contributed by atoms with E-state index in [-0.39, 0.29) is 12.0 Å². The molecule has 1 N–H and O–H groups in total. The number of aliphatic hydroxyl groups excluding tert-OH is 1. The summed E-state index contributed by atoms with van der Waals surface area (Å²) < 4.78 is 0. The molecule has 0 heterocycles. The number of hydrogen-bond donors (Lipinski definition) is 1. The highest BCUT2D eigenvalue weighted by Gasteiger charge is 2.18. The van der Waals surface area contributed by atoms with E-state index in [2.05, 4.69) is 39.0 Å². The average Bonchev–Trinajstić information content (AvgIpc) is 2.19. The first kappa shape index (κ1) is 14.2. The molecule has 0 atom stereocenters. The predicted octanol–water partition coefficient (Wildman–Crippen LogP) is 3.68. The fourth-order valence-corrected chi connectivity index (χ4v) is 1.16. The molecule has 1 heteroatoms. The van der Waals surface area contributed by atoms with E-state index in [1.807, 2.05) is 19.9 Å². The summed E-state index contributed by atoms with van der Waals surface area (Å²) in [5.41, 5.74) is 2.32. The van der Waals surface area contributed by atoms with Crippen LogP contribution in [0.15, 0.2) is 24.3 Å². The Kier molecular flexibility index (Phi) is 6.26. The third kappa shape index (κ3) is 4.98. The molecule has 0 aliphatic rings. The molecule has 0 radical (unpaired) electrons. The van der Waals surface area contributed by atoms with Crippen molar-refractivity contribution >= 4 is 0 Å². The molecule has 0 aliphatic heterocycles. The Morgan fingerprint density at radius 3 is 2.13 bits per heavy atom. The molecule has 0 spiro atoms. The van der Waals surface area contributed by atoms with Gasteiger partial charge in [0.25, 0.3) is 0 Å². The lowest BCUT2D eigenvalue weighted by atomic mass is 9.85. The Morgan fingerprint density at radius 2 is 1.73 bits per heavy atom. The summed E-state index contributed by atoms with van der Waals surface area (Å²) in [6.45, 7) is 10.6. The Hall–Kier alpha value is -0.820. The molecule has 0 saturated heterocycles. The first-order chi connectivity index (χ1) is 6.97. The molecule has 1 nitrogen and oxygen atoms in total. The Balaban J connectivity index is 0.000000583. The summed E-state index contributed by atoms with van der Waals surface area (Å²) in [7, 11) is 0. The van der Waals surface area contributed by atoms with Gasteiger partial charge in [0.15, 0.2) is 0 Å². The zero-order valence-electron chi connectivity index (χ0n) is 10.7. The van der Waals surface area contributed by atoms with E-state index in [9.17, 15) is 0 Å². The number of hydrogen-bond acceptors (Lipinski definition) is 1. The highest BCUT2D eigenvalue weighted by Crippen LogP contribution is 2.22. The zero-order valence-corrected chi connectivity index (χ0v) is 10.7. The van der Waals surface area contributed by atoms with Gasteiger partial charge in [-0.15, -0.1) is 0 Å². The third-order valence-corrected chi connectivity index (χ3v) is 2.19. The molecule has 0 aliphatic carbocycles. The molecule has 1 aromatic rings. The summed E-state index contributed by atoms with van der Waals surface area (Å²) in [5.74, 6) is 0. The summed E-state index contributed by atoms with van der Waals surface area (Å²) >= 11 is 0. The summed E-state index contributed by atoms with van der Waals surface area (Å²) in [4.78, 5) is 0. The third-order valence-electron chi connectivity index (χ3n) is 2.19. The molecule has 1 rings (SSSR count). The average molecular weight is 208 g/mol. The van der Waals surface area contributed by atoms with Gasteiger partial charge in [-0.05, 0) is 12.5 Å². The molecule has 0 bridgehead atoms. The fraction of sp³-hybridized carbons (Fsp3) is 0.571. The van der Waals surface area contributed by atoms with Crippen LogP contribution in [0.2, 0.25) is 0 Å². The lowest BCUT2D eigenvalue weighted by Gasteiger charge is -2.22. The van der Waals surface area contributed by atoms with Crippen LogP contribution in [0.1, 0.15) is 45.2 Å². The van der Waals surface area contributed by atoms with Crippen molar-refractivity contribution in [3.63, 3.8) is 0 Å². The minimum atomic E-state index is -0.119. The van der Waals surface area contributed by atoms with Crippen LogP contribution in [-0.2, 0) is 5.41 Å². The summed E-state index contributed by atoms with van der Waals surface area (Å²) in [5, 5.41) is 9.14. The Morgan fingerprint density at radius 1 is 1.20 bits per heavy atom. The van der Waals surface area contributed by atoms with Gasteiger partial charge in [-0.2, -0.15) is 0 Å². The molecule has 0 aromatic heterocycles. The molecule has 15 heavy (non-hydrogen) atoms. The van der Waals surface area contributed by atoms with Crippen LogP contribution in [-0.4, -0.2) is 11.7 Å². The maximum absolute atomic E-state index is 9.14. The van der Waals surface area contributed by atoms with E-state index in [0.717, 1.165) is 0 Å². The largest absolute Gasteiger partial charge is 0.395 e. The van der Waals surface area contributed by atoms with Crippen molar-refractivity contribution < 1.29 is 5.11 Å². The number of benzene rings is 1. The van der Waals surface area contributed by atoms with Gasteiger partial charge < -0.3 is 5.11 Å². The quantitative estimate of drug-likeness (QED) is 0.786. The van der Waals surface area contributed by atoms with Gasteiger partial charge in [0.1, 0.15) is 0 Å². The Bertz CT molecular complexity index is 276. The predicted molar refractivity (Wildman–Crippen MR) is 67.3 cm³/mol. The van der Waals surface area contributed by atoms with E-state index < -0.39 is 0 Å². The van der Waals surface area contributed by atoms with Crippen LogP contribution in [0.3, 0.4) is 0 Å². The van der Waals surface area contributed by atoms with Gasteiger partial charge >= 0.3 is 0 Å². The summed E-state index contributed by atoms with van der Waals surface area (Å²) in [6, 6.07) is 8.28. The standard InChI is InChI=1S/C11H16O.C3H8/c1-9-5-4-6-10(7-9)11(2,3)8-12;1-3-2/h4-7,12H,8H2,1-3H3;3H2,1-2H3. The van der Waals surface area contributed by atoms with Crippen LogP contribution in [0.5, 0.6) is 0 Å². The van der Waals surface area contributed by atoms with E-state index in [1.165, 1.54) is 17.5 Å². The zero-order chi connectivity index (χ0) is 11.9. The second kappa shape index (κ2) is 6.62. The van der Waals surface area contributed by atoms with Crippen LogP contribution < -0.4 is 0 Å².